The Balaban J connectivity index is 1.28. The molecule has 0 atom stereocenters. The molecule has 0 radical (unpaired) electrons. The van der Waals surface area contributed by atoms with Gasteiger partial charge >= 0.3 is 6.85 Å². The van der Waals surface area contributed by atoms with Gasteiger partial charge in [0.05, 0.1) is 11.4 Å². The number of fused-ring (bicyclic) bond motifs is 9. The van der Waals surface area contributed by atoms with Crippen molar-refractivity contribution in [3.8, 4) is 22.3 Å². The zero-order valence-electron chi connectivity index (χ0n) is 46.9. The molecule has 0 fully saturated rings. The zero-order valence-corrected chi connectivity index (χ0v) is 46.9. The van der Waals surface area contributed by atoms with E-state index in [0.717, 1.165) is 34.2 Å². The van der Waals surface area contributed by atoms with Gasteiger partial charge in [-0.05, 0) is 127 Å². The number of hydrogen-bond acceptors (Lipinski definition) is 3. The summed E-state index contributed by atoms with van der Waals surface area (Å²) in [5.41, 5.74) is 22.4. The van der Waals surface area contributed by atoms with Gasteiger partial charge in [0.15, 0.2) is 0 Å². The molecular weight excluding hydrogens is 910 g/mol. The van der Waals surface area contributed by atoms with Gasteiger partial charge in [-0.2, -0.15) is 0 Å². The molecule has 0 amide bonds. The average Bonchev–Trinajstić information content (AvgIpc) is 3.92. The first-order valence-corrected chi connectivity index (χ1v) is 27.2. The van der Waals surface area contributed by atoms with Gasteiger partial charge in [-0.3, -0.25) is 4.90 Å². The quantitative estimate of drug-likeness (QED) is 0.161. The molecule has 8 aromatic carbocycles. The van der Waals surface area contributed by atoms with E-state index in [0.29, 0.717) is 0 Å². The second-order valence-electron chi connectivity index (χ2n) is 26.7. The highest BCUT2D eigenvalue weighted by molar-refractivity contribution is 6.91. The van der Waals surface area contributed by atoms with Gasteiger partial charge in [-0.15, -0.1) is 0 Å². The molecule has 10 aromatic rings. The summed E-state index contributed by atoms with van der Waals surface area (Å²) in [6.45, 7) is 34.8. The number of para-hydroxylation sites is 2. The van der Waals surface area contributed by atoms with Gasteiger partial charge in [0.1, 0.15) is 5.58 Å². The van der Waals surface area contributed by atoms with Crippen molar-refractivity contribution in [2.24, 2.45) is 0 Å². The fourth-order valence-corrected chi connectivity index (χ4v) is 12.1. The van der Waals surface area contributed by atoms with Crippen LogP contribution in [-0.2, 0) is 27.1 Å². The summed E-state index contributed by atoms with van der Waals surface area (Å²) in [5.74, 6) is 0.892. The largest absolute Gasteiger partial charge is 0.440 e. The van der Waals surface area contributed by atoms with E-state index in [9.17, 15) is 0 Å². The van der Waals surface area contributed by atoms with E-state index < -0.39 is 0 Å². The second-order valence-corrected chi connectivity index (χ2v) is 26.7. The van der Waals surface area contributed by atoms with Crippen LogP contribution < -0.4 is 20.7 Å². The van der Waals surface area contributed by atoms with Crippen LogP contribution in [0.3, 0.4) is 0 Å². The lowest BCUT2D eigenvalue weighted by Crippen LogP contribution is -2.56. The topological polar surface area (TPSA) is 24.6 Å². The third-order valence-corrected chi connectivity index (χ3v) is 16.3. The zero-order chi connectivity index (χ0) is 52.9. The summed E-state index contributed by atoms with van der Waals surface area (Å²) in [7, 11) is 0. The number of hydrogen-bond donors (Lipinski definition) is 0. The lowest BCUT2D eigenvalue weighted by molar-refractivity contribution is 0.552. The number of rotatable bonds is 5. The SMILES string of the molecule is CC(C)(C)c1ccc(N2c3cc(C(C)(C)C)cc4c3B(c3c2oc2c(C(C)(C)C)cc(C(C)(C)C)cc32)n2c3ccc(C(C)(C)C)cc3c3c(N(c5ccccc5)c5ccccc5-c5ccccc5)ccc-4c32)cc1. The van der Waals surface area contributed by atoms with Crippen LogP contribution in [0, 0.1) is 0 Å². The lowest BCUT2D eigenvalue weighted by atomic mass is 9.45. The summed E-state index contributed by atoms with van der Waals surface area (Å²) in [6.07, 6.45) is 0. The standard InChI is InChI=1S/C70H72BN3O/c1-66(2,3)44-30-33-49(34-31-44)73-59-42-47(69(10,11)12)39-52-51-35-37-58(72(48-26-20-17-21-27-48)56-29-23-22-28-50(56)43-24-18-16-19-25-43)60-53-38-45(67(4,5)6)32-36-57(53)74(63(51)60)71(61(52)59)62-54-40-46(68(7,8)9)41-55(70(13,14)15)64(54)75-65(62)73/h16-42H,1-15H3. The Labute approximate surface area is 446 Å². The van der Waals surface area contributed by atoms with Crippen molar-refractivity contribution < 1.29 is 4.42 Å². The molecule has 2 aromatic heterocycles. The highest BCUT2D eigenvalue weighted by Crippen LogP contribution is 2.53. The Morgan fingerprint density at radius 2 is 1.03 bits per heavy atom. The van der Waals surface area contributed by atoms with Gasteiger partial charge in [-0.1, -0.05) is 207 Å². The van der Waals surface area contributed by atoms with Gasteiger partial charge in [-0.25, -0.2) is 0 Å². The molecule has 2 aliphatic rings. The first kappa shape index (κ1) is 48.7. The van der Waals surface area contributed by atoms with Gasteiger partial charge in [0.2, 0.25) is 5.88 Å². The van der Waals surface area contributed by atoms with Crippen LogP contribution in [0.15, 0.2) is 168 Å². The van der Waals surface area contributed by atoms with Crippen molar-refractivity contribution in [2.45, 2.75) is 131 Å². The molecule has 2 aliphatic heterocycles. The maximum Gasteiger partial charge on any atom is 0.337 e. The predicted octanol–water partition coefficient (Wildman–Crippen LogP) is 18.6. The second kappa shape index (κ2) is 16.6. The summed E-state index contributed by atoms with van der Waals surface area (Å²) < 4.78 is 10.5. The van der Waals surface area contributed by atoms with Crippen LogP contribution >= 0.6 is 0 Å². The first-order chi connectivity index (χ1) is 35.4. The van der Waals surface area contributed by atoms with Crippen LogP contribution in [0.25, 0.3) is 55.0 Å². The van der Waals surface area contributed by atoms with Gasteiger partial charge in [0, 0.05) is 66.4 Å². The third-order valence-electron chi connectivity index (χ3n) is 16.3. The molecule has 0 N–H and O–H groups in total. The molecule has 0 saturated heterocycles. The van der Waals surface area contributed by atoms with E-state index in [1.807, 2.05) is 0 Å². The van der Waals surface area contributed by atoms with Gasteiger partial charge in [0.25, 0.3) is 0 Å². The van der Waals surface area contributed by atoms with E-state index in [4.69, 9.17) is 4.42 Å². The van der Waals surface area contributed by atoms with Crippen LogP contribution in [0.5, 0.6) is 0 Å². The molecule has 376 valence electrons. The summed E-state index contributed by atoms with van der Waals surface area (Å²) >= 11 is 0. The minimum atomic E-state index is -0.224. The maximum absolute atomic E-state index is 7.73. The van der Waals surface area contributed by atoms with Crippen LogP contribution in [-0.4, -0.2) is 11.3 Å². The first-order valence-electron chi connectivity index (χ1n) is 27.2. The Morgan fingerprint density at radius 3 is 1.67 bits per heavy atom. The van der Waals surface area contributed by atoms with Crippen molar-refractivity contribution in [1.29, 1.82) is 0 Å². The Kier molecular flexibility index (Phi) is 10.8. The van der Waals surface area contributed by atoms with Crippen molar-refractivity contribution in [2.75, 3.05) is 9.80 Å². The Bertz CT molecular complexity index is 3900. The van der Waals surface area contributed by atoms with E-state index in [1.54, 1.807) is 0 Å². The predicted molar refractivity (Wildman–Crippen MR) is 323 cm³/mol. The number of furan rings is 1. The maximum atomic E-state index is 7.73. The number of anilines is 6. The van der Waals surface area contributed by atoms with Crippen LogP contribution in [0.2, 0.25) is 0 Å². The van der Waals surface area contributed by atoms with Crippen LogP contribution in [0.4, 0.5) is 34.3 Å². The van der Waals surface area contributed by atoms with Crippen molar-refractivity contribution in [1.82, 2.24) is 4.48 Å². The molecule has 75 heavy (non-hydrogen) atoms. The summed E-state index contributed by atoms with van der Waals surface area (Å²) in [5, 5.41) is 3.68. The Hall–Kier alpha value is -7.24. The lowest BCUT2D eigenvalue weighted by Gasteiger charge is -2.39. The normalized spacial score (nSPS) is 13.7. The number of nitrogens with zero attached hydrogens (tertiary/aromatic N) is 3. The van der Waals surface area contributed by atoms with E-state index in [1.165, 1.54) is 93.9 Å². The molecule has 0 bridgehead atoms. The fourth-order valence-electron chi connectivity index (χ4n) is 12.1. The highest BCUT2D eigenvalue weighted by Gasteiger charge is 2.48. The molecule has 12 rings (SSSR count). The van der Waals surface area contributed by atoms with E-state index >= 15 is 0 Å². The average molecular weight is 982 g/mol. The molecule has 5 heteroatoms. The molecular formula is C70H72BN3O. The van der Waals surface area contributed by atoms with Crippen molar-refractivity contribution in [3.63, 3.8) is 0 Å². The number of aromatic nitrogens is 1. The fraction of sp³-hybridized carbons (Fsp3) is 0.286. The molecule has 0 spiro atoms. The molecule has 0 saturated carbocycles. The minimum Gasteiger partial charge on any atom is -0.440 e. The smallest absolute Gasteiger partial charge is 0.337 e. The molecule has 4 heterocycles. The van der Waals surface area contributed by atoms with Gasteiger partial charge < -0.3 is 13.8 Å². The van der Waals surface area contributed by atoms with Crippen LogP contribution in [0.1, 0.15) is 132 Å². The summed E-state index contributed by atoms with van der Waals surface area (Å²) in [6, 6.07) is 62.2. The van der Waals surface area contributed by atoms with Crippen molar-refractivity contribution in [3.05, 3.63) is 192 Å². The Morgan fingerprint density at radius 1 is 0.440 bits per heavy atom. The molecule has 0 aliphatic carbocycles. The summed E-state index contributed by atoms with van der Waals surface area (Å²) in [4.78, 5) is 5.00. The van der Waals surface area contributed by atoms with Crippen molar-refractivity contribution >= 4 is 84.9 Å². The number of benzene rings is 8. The van der Waals surface area contributed by atoms with E-state index in [2.05, 4.69) is 282 Å². The highest BCUT2D eigenvalue weighted by atomic mass is 16.4. The minimum absolute atomic E-state index is 0.00230. The molecule has 4 nitrogen and oxygen atoms in total. The molecule has 0 unspecified atom stereocenters. The van der Waals surface area contributed by atoms with E-state index in [-0.39, 0.29) is 33.9 Å². The monoisotopic (exact) mass is 982 g/mol. The third kappa shape index (κ3) is 7.78.